The molecule has 1 amide bonds. The maximum atomic E-state index is 12.7. The van der Waals surface area contributed by atoms with Crippen LogP contribution in [0.5, 0.6) is 0 Å². The Balaban J connectivity index is 1.52. The fourth-order valence-electron chi connectivity index (χ4n) is 3.99. The highest BCUT2D eigenvalue weighted by Gasteiger charge is 2.60. The molecule has 3 saturated carbocycles. The van der Waals surface area contributed by atoms with Gasteiger partial charge in [0.1, 0.15) is 0 Å². The lowest BCUT2D eigenvalue weighted by Gasteiger charge is -2.31. The molecule has 0 radical (unpaired) electrons. The number of amides is 1. The van der Waals surface area contributed by atoms with E-state index < -0.39 is 0 Å². The third-order valence-corrected chi connectivity index (χ3v) is 5.67. The molecule has 19 heavy (non-hydrogen) atoms. The van der Waals surface area contributed by atoms with Gasteiger partial charge in [-0.1, -0.05) is 13.8 Å². The van der Waals surface area contributed by atoms with Crippen molar-refractivity contribution >= 4 is 5.91 Å². The van der Waals surface area contributed by atoms with Crippen LogP contribution in [0.2, 0.25) is 0 Å². The van der Waals surface area contributed by atoms with Gasteiger partial charge in [0.25, 0.3) is 0 Å². The highest BCUT2D eigenvalue weighted by molar-refractivity contribution is 5.91. The van der Waals surface area contributed by atoms with Crippen LogP contribution in [0.4, 0.5) is 0 Å². The number of nitrogens with one attached hydrogen (secondary N) is 1. The summed E-state index contributed by atoms with van der Waals surface area (Å²) in [6.45, 7) is 5.51. The maximum absolute atomic E-state index is 12.7. The molecule has 4 aliphatic rings. The second-order valence-corrected chi connectivity index (χ2v) is 7.71. The Kier molecular flexibility index (Phi) is 2.55. The molecule has 0 bridgehead atoms. The zero-order valence-corrected chi connectivity index (χ0v) is 12.2. The molecule has 0 aromatic carbocycles. The van der Waals surface area contributed by atoms with Gasteiger partial charge in [-0.05, 0) is 62.2 Å². The highest BCUT2D eigenvalue weighted by Crippen LogP contribution is 2.51. The average Bonchev–Trinajstić information content (AvgIpc) is 3.24. The van der Waals surface area contributed by atoms with Crippen molar-refractivity contribution in [3.8, 4) is 0 Å². The first-order valence-electron chi connectivity index (χ1n) is 8.19. The Hall–Kier alpha value is -0.570. The molecule has 4 fully saturated rings. The number of nitrogens with zero attached hydrogens (tertiary/aromatic N) is 1. The minimum atomic E-state index is -0.132. The van der Waals surface area contributed by atoms with Gasteiger partial charge in [0.2, 0.25) is 5.91 Å². The molecule has 0 aromatic rings. The molecule has 1 aliphatic heterocycles. The van der Waals surface area contributed by atoms with Crippen LogP contribution < -0.4 is 5.32 Å². The summed E-state index contributed by atoms with van der Waals surface area (Å²) in [4.78, 5) is 14.9. The van der Waals surface area contributed by atoms with Gasteiger partial charge in [0, 0.05) is 6.54 Å². The molecule has 1 atom stereocenters. The van der Waals surface area contributed by atoms with Crippen LogP contribution in [-0.4, -0.2) is 29.1 Å². The van der Waals surface area contributed by atoms with Crippen molar-refractivity contribution < 1.29 is 4.79 Å². The zero-order valence-electron chi connectivity index (χ0n) is 12.2. The SMILES string of the molecule is CC(C)C1NC2(CC2)C(=O)N1CC(C1CC1)C1CC1. The zero-order chi connectivity index (χ0) is 13.2. The van der Waals surface area contributed by atoms with Crippen LogP contribution in [-0.2, 0) is 4.79 Å². The van der Waals surface area contributed by atoms with Crippen molar-refractivity contribution in [3.63, 3.8) is 0 Å². The predicted octanol–water partition coefficient (Wildman–Crippen LogP) is 2.37. The molecule has 3 heteroatoms. The monoisotopic (exact) mass is 262 g/mol. The molecular formula is C16H26N2O. The molecule has 1 heterocycles. The minimum absolute atomic E-state index is 0.132. The van der Waals surface area contributed by atoms with Crippen molar-refractivity contribution in [3.05, 3.63) is 0 Å². The first kappa shape index (κ1) is 12.2. The van der Waals surface area contributed by atoms with Gasteiger partial charge in [-0.3, -0.25) is 10.1 Å². The summed E-state index contributed by atoms with van der Waals surface area (Å²) in [6.07, 6.45) is 8.05. The number of hydrogen-bond donors (Lipinski definition) is 1. The summed E-state index contributed by atoms with van der Waals surface area (Å²) < 4.78 is 0. The quantitative estimate of drug-likeness (QED) is 0.825. The van der Waals surface area contributed by atoms with Gasteiger partial charge in [-0.25, -0.2) is 0 Å². The number of carbonyl (C=O) groups is 1. The maximum Gasteiger partial charge on any atom is 0.244 e. The molecule has 4 rings (SSSR count). The molecule has 106 valence electrons. The second kappa shape index (κ2) is 3.97. The van der Waals surface area contributed by atoms with E-state index in [2.05, 4.69) is 24.1 Å². The van der Waals surface area contributed by atoms with E-state index in [0.717, 1.165) is 37.1 Å². The van der Waals surface area contributed by atoms with Gasteiger partial charge in [0.15, 0.2) is 0 Å². The van der Waals surface area contributed by atoms with Crippen LogP contribution >= 0.6 is 0 Å². The van der Waals surface area contributed by atoms with Crippen LogP contribution in [0.3, 0.4) is 0 Å². The third-order valence-electron chi connectivity index (χ3n) is 5.67. The van der Waals surface area contributed by atoms with E-state index in [1.54, 1.807) is 0 Å². The van der Waals surface area contributed by atoms with Gasteiger partial charge < -0.3 is 4.90 Å². The summed E-state index contributed by atoms with van der Waals surface area (Å²) in [5, 5.41) is 3.64. The van der Waals surface area contributed by atoms with E-state index in [1.807, 2.05) is 0 Å². The normalized spacial score (nSPS) is 32.9. The topological polar surface area (TPSA) is 32.3 Å². The van der Waals surface area contributed by atoms with Crippen molar-refractivity contribution in [2.75, 3.05) is 6.54 Å². The Bertz CT molecular complexity index is 382. The molecule has 1 N–H and O–H groups in total. The van der Waals surface area contributed by atoms with Crippen molar-refractivity contribution in [1.82, 2.24) is 10.2 Å². The molecule has 3 aliphatic carbocycles. The van der Waals surface area contributed by atoms with E-state index in [-0.39, 0.29) is 11.7 Å². The lowest BCUT2D eigenvalue weighted by Crippen LogP contribution is -2.44. The first-order chi connectivity index (χ1) is 9.11. The molecule has 1 unspecified atom stereocenters. The molecule has 0 aromatic heterocycles. The standard InChI is InChI=1S/C16H26N2O/c1-10(2)14-17-16(7-8-16)15(19)18(14)9-13(11-3-4-11)12-5-6-12/h10-14,17H,3-9H2,1-2H3. The van der Waals surface area contributed by atoms with Crippen molar-refractivity contribution in [1.29, 1.82) is 0 Å². The van der Waals surface area contributed by atoms with E-state index in [1.165, 1.54) is 25.7 Å². The van der Waals surface area contributed by atoms with E-state index in [9.17, 15) is 4.79 Å². The molecular weight excluding hydrogens is 236 g/mol. The molecule has 3 nitrogen and oxygen atoms in total. The van der Waals surface area contributed by atoms with Crippen molar-refractivity contribution in [2.24, 2.45) is 23.7 Å². The first-order valence-corrected chi connectivity index (χ1v) is 8.19. The molecule has 1 spiro atoms. The van der Waals surface area contributed by atoms with E-state index in [4.69, 9.17) is 0 Å². The number of carbonyl (C=O) groups excluding carboxylic acids is 1. The van der Waals surface area contributed by atoms with Gasteiger partial charge in [-0.2, -0.15) is 0 Å². The van der Waals surface area contributed by atoms with E-state index in [0.29, 0.717) is 11.8 Å². The number of hydrogen-bond acceptors (Lipinski definition) is 2. The average molecular weight is 262 g/mol. The Morgan fingerprint density at radius 3 is 2.21 bits per heavy atom. The van der Waals surface area contributed by atoms with Crippen molar-refractivity contribution in [2.45, 2.75) is 64.1 Å². The summed E-state index contributed by atoms with van der Waals surface area (Å²) >= 11 is 0. The Morgan fingerprint density at radius 1 is 1.21 bits per heavy atom. The Labute approximate surface area is 116 Å². The van der Waals surface area contributed by atoms with Crippen LogP contribution in [0.25, 0.3) is 0 Å². The summed E-state index contributed by atoms with van der Waals surface area (Å²) in [5.74, 6) is 3.61. The fourth-order valence-corrected chi connectivity index (χ4v) is 3.99. The fraction of sp³-hybridized carbons (Fsp3) is 0.938. The van der Waals surface area contributed by atoms with Gasteiger partial charge >= 0.3 is 0 Å². The summed E-state index contributed by atoms with van der Waals surface area (Å²) in [7, 11) is 0. The lowest BCUT2D eigenvalue weighted by atomic mass is 9.96. The van der Waals surface area contributed by atoms with E-state index >= 15 is 0 Å². The van der Waals surface area contributed by atoms with Crippen LogP contribution in [0, 0.1) is 23.7 Å². The smallest absolute Gasteiger partial charge is 0.244 e. The lowest BCUT2D eigenvalue weighted by molar-refractivity contribution is -0.132. The Morgan fingerprint density at radius 2 is 1.79 bits per heavy atom. The number of rotatable bonds is 5. The largest absolute Gasteiger partial charge is 0.325 e. The third kappa shape index (κ3) is 2.01. The minimum Gasteiger partial charge on any atom is -0.325 e. The van der Waals surface area contributed by atoms with Crippen LogP contribution in [0.15, 0.2) is 0 Å². The summed E-state index contributed by atoms with van der Waals surface area (Å²) in [5.41, 5.74) is -0.132. The van der Waals surface area contributed by atoms with Gasteiger partial charge in [0.05, 0.1) is 11.7 Å². The highest BCUT2D eigenvalue weighted by atomic mass is 16.2. The second-order valence-electron chi connectivity index (χ2n) is 7.71. The van der Waals surface area contributed by atoms with Crippen LogP contribution in [0.1, 0.15) is 52.4 Å². The molecule has 1 saturated heterocycles. The predicted molar refractivity (Wildman–Crippen MR) is 74.4 cm³/mol. The summed E-state index contributed by atoms with van der Waals surface area (Å²) in [6, 6.07) is 0. The van der Waals surface area contributed by atoms with Gasteiger partial charge in [-0.15, -0.1) is 0 Å².